The van der Waals surface area contributed by atoms with Gasteiger partial charge in [-0.05, 0) is 29.8 Å². The molecule has 7 heteroatoms. The number of hydrogen-bond acceptors (Lipinski definition) is 2. The lowest BCUT2D eigenvalue weighted by atomic mass is 10.1. The zero-order chi connectivity index (χ0) is 17.0. The molecule has 0 spiro atoms. The van der Waals surface area contributed by atoms with Gasteiger partial charge in [0.1, 0.15) is 5.82 Å². The third kappa shape index (κ3) is 4.21. The van der Waals surface area contributed by atoms with Gasteiger partial charge in [-0.1, -0.05) is 35.3 Å². The highest BCUT2D eigenvalue weighted by molar-refractivity contribution is 6.36. The molecule has 2 rings (SSSR count). The molecule has 2 aromatic carbocycles. The largest absolute Gasteiger partial charge is 0.355 e. The minimum absolute atomic E-state index is 0.00368. The van der Waals surface area contributed by atoms with Crippen molar-refractivity contribution in [2.24, 2.45) is 0 Å². The quantitative estimate of drug-likeness (QED) is 0.826. The summed E-state index contributed by atoms with van der Waals surface area (Å²) in [5.41, 5.74) is 1.20. The maximum absolute atomic E-state index is 13.4. The van der Waals surface area contributed by atoms with Crippen LogP contribution in [0.15, 0.2) is 36.4 Å². The number of amides is 2. The Morgan fingerprint density at radius 3 is 2.52 bits per heavy atom. The fourth-order valence-corrected chi connectivity index (χ4v) is 2.41. The molecule has 0 heterocycles. The molecule has 0 aliphatic carbocycles. The van der Waals surface area contributed by atoms with Crippen LogP contribution in [0.1, 0.15) is 26.3 Å². The van der Waals surface area contributed by atoms with E-state index in [2.05, 4.69) is 10.6 Å². The van der Waals surface area contributed by atoms with Crippen molar-refractivity contribution in [2.75, 3.05) is 7.05 Å². The lowest BCUT2D eigenvalue weighted by Crippen LogP contribution is -2.24. The fourth-order valence-electron chi connectivity index (χ4n) is 1.94. The summed E-state index contributed by atoms with van der Waals surface area (Å²) in [5.74, 6) is -1.47. The van der Waals surface area contributed by atoms with Gasteiger partial charge in [-0.25, -0.2) is 4.39 Å². The molecule has 4 nitrogen and oxygen atoms in total. The van der Waals surface area contributed by atoms with Crippen LogP contribution in [-0.2, 0) is 6.54 Å². The second-order valence-electron chi connectivity index (χ2n) is 4.71. The molecule has 0 aromatic heterocycles. The first-order valence-corrected chi connectivity index (χ1v) is 7.41. The number of rotatable bonds is 4. The van der Waals surface area contributed by atoms with E-state index in [0.717, 1.165) is 11.6 Å². The van der Waals surface area contributed by atoms with E-state index >= 15 is 0 Å². The number of carbonyl (C=O) groups is 2. The summed E-state index contributed by atoms with van der Waals surface area (Å²) in [4.78, 5) is 23.7. The van der Waals surface area contributed by atoms with Crippen molar-refractivity contribution in [2.45, 2.75) is 6.54 Å². The van der Waals surface area contributed by atoms with Crippen molar-refractivity contribution in [3.8, 4) is 0 Å². The van der Waals surface area contributed by atoms with Gasteiger partial charge in [0.15, 0.2) is 0 Å². The van der Waals surface area contributed by atoms with Crippen LogP contribution < -0.4 is 10.6 Å². The van der Waals surface area contributed by atoms with E-state index in [9.17, 15) is 14.0 Å². The van der Waals surface area contributed by atoms with Gasteiger partial charge in [0, 0.05) is 19.2 Å². The van der Waals surface area contributed by atoms with Gasteiger partial charge in [-0.3, -0.25) is 9.59 Å². The molecule has 0 saturated carbocycles. The van der Waals surface area contributed by atoms with Crippen LogP contribution in [-0.4, -0.2) is 18.9 Å². The Bertz CT molecular complexity index is 766. The van der Waals surface area contributed by atoms with Crippen molar-refractivity contribution in [3.05, 3.63) is 69.0 Å². The van der Waals surface area contributed by atoms with Crippen LogP contribution in [0.25, 0.3) is 0 Å². The molecule has 0 aliphatic heterocycles. The van der Waals surface area contributed by atoms with E-state index in [4.69, 9.17) is 23.2 Å². The second kappa shape index (κ2) is 7.44. The first kappa shape index (κ1) is 17.2. The molecule has 0 fully saturated rings. The molecule has 23 heavy (non-hydrogen) atoms. The summed E-state index contributed by atoms with van der Waals surface area (Å²) in [5, 5.41) is 5.06. The van der Waals surface area contributed by atoms with Crippen molar-refractivity contribution < 1.29 is 14.0 Å². The van der Waals surface area contributed by atoms with Crippen LogP contribution in [0.5, 0.6) is 0 Å². The summed E-state index contributed by atoms with van der Waals surface area (Å²) >= 11 is 11.5. The van der Waals surface area contributed by atoms with Crippen LogP contribution in [0.4, 0.5) is 4.39 Å². The Kier molecular flexibility index (Phi) is 5.58. The predicted molar refractivity (Wildman–Crippen MR) is 87.4 cm³/mol. The topological polar surface area (TPSA) is 58.2 Å². The average Bonchev–Trinajstić information content (AvgIpc) is 2.55. The van der Waals surface area contributed by atoms with E-state index in [1.807, 2.05) is 0 Å². The number of carbonyl (C=O) groups excluding carboxylic acids is 2. The molecule has 120 valence electrons. The van der Waals surface area contributed by atoms with Gasteiger partial charge in [-0.15, -0.1) is 0 Å². The zero-order valence-corrected chi connectivity index (χ0v) is 13.6. The summed E-state index contributed by atoms with van der Waals surface area (Å²) in [6.45, 7) is 0.171. The maximum Gasteiger partial charge on any atom is 0.253 e. The molecular formula is C16H13Cl2FN2O2. The highest BCUT2D eigenvalue weighted by Gasteiger charge is 2.14. The summed E-state index contributed by atoms with van der Waals surface area (Å²) in [6.07, 6.45) is 0. The van der Waals surface area contributed by atoms with Crippen molar-refractivity contribution in [1.29, 1.82) is 0 Å². The third-order valence-electron chi connectivity index (χ3n) is 3.12. The Hall–Kier alpha value is -2.11. The molecule has 0 bridgehead atoms. The average molecular weight is 355 g/mol. The summed E-state index contributed by atoms with van der Waals surface area (Å²) in [6, 6.07) is 8.96. The number of hydrogen-bond donors (Lipinski definition) is 2. The van der Waals surface area contributed by atoms with E-state index in [1.165, 1.54) is 13.1 Å². The highest BCUT2D eigenvalue weighted by Crippen LogP contribution is 2.24. The van der Waals surface area contributed by atoms with E-state index in [0.29, 0.717) is 5.56 Å². The van der Waals surface area contributed by atoms with Crippen LogP contribution >= 0.6 is 23.2 Å². The normalized spacial score (nSPS) is 10.3. The van der Waals surface area contributed by atoms with Gasteiger partial charge >= 0.3 is 0 Å². The van der Waals surface area contributed by atoms with E-state index in [-0.39, 0.29) is 28.1 Å². The number of benzene rings is 2. The van der Waals surface area contributed by atoms with Crippen molar-refractivity contribution >= 4 is 35.0 Å². The van der Waals surface area contributed by atoms with Crippen molar-refractivity contribution in [3.63, 3.8) is 0 Å². The SMILES string of the molecule is CNC(=O)c1cccc(CNC(=O)c2cc(F)c(Cl)cc2Cl)c1. The first-order valence-electron chi connectivity index (χ1n) is 6.66. The Labute approximate surface area is 142 Å². The molecular weight excluding hydrogens is 342 g/mol. The van der Waals surface area contributed by atoms with Gasteiger partial charge in [0.25, 0.3) is 11.8 Å². The van der Waals surface area contributed by atoms with Gasteiger partial charge in [0.05, 0.1) is 15.6 Å². The smallest absolute Gasteiger partial charge is 0.253 e. The lowest BCUT2D eigenvalue weighted by molar-refractivity contribution is 0.0948. The lowest BCUT2D eigenvalue weighted by Gasteiger charge is -2.09. The third-order valence-corrected chi connectivity index (χ3v) is 3.73. The second-order valence-corrected chi connectivity index (χ2v) is 5.52. The molecule has 0 saturated heterocycles. The molecule has 0 atom stereocenters. The molecule has 2 aromatic rings. The number of nitrogens with one attached hydrogen (secondary N) is 2. The minimum Gasteiger partial charge on any atom is -0.355 e. The molecule has 0 aliphatic rings. The molecule has 2 N–H and O–H groups in total. The fraction of sp³-hybridized carbons (Fsp3) is 0.125. The Morgan fingerprint density at radius 1 is 1.09 bits per heavy atom. The monoisotopic (exact) mass is 354 g/mol. The van der Waals surface area contributed by atoms with Crippen LogP contribution in [0.2, 0.25) is 10.0 Å². The molecule has 0 unspecified atom stereocenters. The van der Waals surface area contributed by atoms with Gasteiger partial charge in [-0.2, -0.15) is 0 Å². The Morgan fingerprint density at radius 2 is 1.83 bits per heavy atom. The highest BCUT2D eigenvalue weighted by atomic mass is 35.5. The maximum atomic E-state index is 13.4. The zero-order valence-electron chi connectivity index (χ0n) is 12.1. The standard InChI is InChI=1S/C16H13Cl2FN2O2/c1-20-15(22)10-4-2-3-9(5-10)8-21-16(23)11-6-14(19)13(18)7-12(11)17/h2-7H,8H2,1H3,(H,20,22)(H,21,23). The van der Waals surface area contributed by atoms with E-state index < -0.39 is 11.7 Å². The molecule has 2 amide bonds. The van der Waals surface area contributed by atoms with Gasteiger partial charge in [0.2, 0.25) is 0 Å². The minimum atomic E-state index is -0.720. The predicted octanol–water partition coefficient (Wildman–Crippen LogP) is 3.42. The summed E-state index contributed by atoms with van der Waals surface area (Å²) in [7, 11) is 1.54. The van der Waals surface area contributed by atoms with Crippen LogP contribution in [0.3, 0.4) is 0 Å². The summed E-state index contributed by atoms with van der Waals surface area (Å²) < 4.78 is 13.4. The van der Waals surface area contributed by atoms with E-state index in [1.54, 1.807) is 24.3 Å². The van der Waals surface area contributed by atoms with Gasteiger partial charge < -0.3 is 10.6 Å². The van der Waals surface area contributed by atoms with Crippen molar-refractivity contribution in [1.82, 2.24) is 10.6 Å². The number of halogens is 3. The Balaban J connectivity index is 2.11. The molecule has 0 radical (unpaired) electrons. The van der Waals surface area contributed by atoms with Crippen LogP contribution in [0, 0.1) is 5.82 Å². The first-order chi connectivity index (χ1) is 10.9.